The summed E-state index contributed by atoms with van der Waals surface area (Å²) in [5.74, 6) is -0.274. The highest BCUT2D eigenvalue weighted by atomic mass is 16.5. The standard InChI is InChI=1S/C24H30N2O2/c1-4-13-25(18-20-9-6-5-7-10-20)14-8-15-26-22-12-11-19(2)16-21(22)17-23(26)24(27)28-3/h5-7,9-12,16-17H,4,8,13-15,18H2,1-3H3. The van der Waals surface area contributed by atoms with Crippen LogP contribution in [-0.4, -0.2) is 35.6 Å². The molecule has 4 nitrogen and oxygen atoms in total. The van der Waals surface area contributed by atoms with Crippen molar-refractivity contribution in [2.45, 2.75) is 39.8 Å². The number of methoxy groups -OCH3 is 1. The van der Waals surface area contributed by atoms with Crippen molar-refractivity contribution >= 4 is 16.9 Å². The number of rotatable bonds is 9. The number of fused-ring (bicyclic) bond motifs is 1. The van der Waals surface area contributed by atoms with Crippen LogP contribution in [0.4, 0.5) is 0 Å². The Morgan fingerprint density at radius 1 is 1.07 bits per heavy atom. The van der Waals surface area contributed by atoms with Crippen molar-refractivity contribution < 1.29 is 9.53 Å². The van der Waals surface area contributed by atoms with Crippen LogP contribution in [0.1, 0.15) is 41.4 Å². The van der Waals surface area contributed by atoms with E-state index in [1.165, 1.54) is 18.2 Å². The molecule has 0 radical (unpaired) electrons. The van der Waals surface area contributed by atoms with Crippen LogP contribution in [0.15, 0.2) is 54.6 Å². The molecule has 3 rings (SSSR count). The molecule has 148 valence electrons. The molecule has 0 unspecified atom stereocenters. The molecule has 1 heterocycles. The van der Waals surface area contributed by atoms with E-state index < -0.39 is 0 Å². The first-order chi connectivity index (χ1) is 13.6. The van der Waals surface area contributed by atoms with E-state index in [0.717, 1.165) is 49.9 Å². The lowest BCUT2D eigenvalue weighted by atomic mass is 10.2. The van der Waals surface area contributed by atoms with Crippen molar-refractivity contribution in [3.05, 3.63) is 71.4 Å². The SMILES string of the molecule is CCCN(CCCn1c(C(=O)OC)cc2cc(C)ccc21)Cc1ccccc1. The highest BCUT2D eigenvalue weighted by molar-refractivity contribution is 5.95. The van der Waals surface area contributed by atoms with E-state index in [1.807, 2.05) is 6.07 Å². The summed E-state index contributed by atoms with van der Waals surface area (Å²) in [7, 11) is 1.44. The number of carbonyl (C=O) groups excluding carboxylic acids is 1. The molecule has 2 aromatic carbocycles. The Kier molecular flexibility index (Phi) is 6.88. The van der Waals surface area contributed by atoms with E-state index in [0.29, 0.717) is 5.69 Å². The maximum atomic E-state index is 12.3. The first kappa shape index (κ1) is 20.2. The molecular formula is C24H30N2O2. The summed E-state index contributed by atoms with van der Waals surface area (Å²) in [6.45, 7) is 8.12. The summed E-state index contributed by atoms with van der Waals surface area (Å²) in [4.78, 5) is 14.8. The maximum Gasteiger partial charge on any atom is 0.354 e. The van der Waals surface area contributed by atoms with Gasteiger partial charge >= 0.3 is 5.97 Å². The predicted octanol–water partition coefficient (Wildman–Crippen LogP) is 5.04. The lowest BCUT2D eigenvalue weighted by Crippen LogP contribution is -2.26. The minimum atomic E-state index is -0.274. The van der Waals surface area contributed by atoms with Gasteiger partial charge in [0.25, 0.3) is 0 Å². The number of aromatic nitrogens is 1. The lowest BCUT2D eigenvalue weighted by Gasteiger charge is -2.22. The fourth-order valence-corrected chi connectivity index (χ4v) is 3.79. The Balaban J connectivity index is 1.73. The first-order valence-corrected chi connectivity index (χ1v) is 10.1. The van der Waals surface area contributed by atoms with E-state index in [4.69, 9.17) is 4.74 Å². The number of carbonyl (C=O) groups is 1. The molecule has 0 amide bonds. The summed E-state index contributed by atoms with van der Waals surface area (Å²) in [6.07, 6.45) is 2.11. The smallest absolute Gasteiger partial charge is 0.354 e. The van der Waals surface area contributed by atoms with Crippen LogP contribution in [0.2, 0.25) is 0 Å². The van der Waals surface area contributed by atoms with Gasteiger partial charge in [0.15, 0.2) is 0 Å². The first-order valence-electron chi connectivity index (χ1n) is 10.1. The number of benzene rings is 2. The molecule has 1 aromatic heterocycles. The van der Waals surface area contributed by atoms with Crippen molar-refractivity contribution in [3.63, 3.8) is 0 Å². The topological polar surface area (TPSA) is 34.5 Å². The van der Waals surface area contributed by atoms with E-state index in [1.54, 1.807) is 0 Å². The molecule has 0 atom stereocenters. The van der Waals surface area contributed by atoms with Gasteiger partial charge in [-0.15, -0.1) is 0 Å². The fourth-order valence-electron chi connectivity index (χ4n) is 3.79. The van der Waals surface area contributed by atoms with Gasteiger partial charge in [-0.1, -0.05) is 48.9 Å². The molecule has 28 heavy (non-hydrogen) atoms. The van der Waals surface area contributed by atoms with E-state index in [9.17, 15) is 4.79 Å². The van der Waals surface area contributed by atoms with Crippen molar-refractivity contribution in [2.75, 3.05) is 20.2 Å². The van der Waals surface area contributed by atoms with Crippen molar-refractivity contribution in [2.24, 2.45) is 0 Å². The van der Waals surface area contributed by atoms with Crippen LogP contribution in [0, 0.1) is 6.92 Å². The second kappa shape index (κ2) is 9.56. The van der Waals surface area contributed by atoms with Gasteiger partial charge in [-0.05, 0) is 50.1 Å². The Hall–Kier alpha value is -2.59. The van der Waals surface area contributed by atoms with Gasteiger partial charge in [0.05, 0.1) is 7.11 Å². The molecule has 0 aliphatic rings. The van der Waals surface area contributed by atoms with Gasteiger partial charge in [0.2, 0.25) is 0 Å². The molecule has 0 aliphatic carbocycles. The van der Waals surface area contributed by atoms with Crippen LogP contribution in [0.5, 0.6) is 0 Å². The number of nitrogens with zero attached hydrogens (tertiary/aromatic N) is 2. The van der Waals surface area contributed by atoms with Crippen molar-refractivity contribution in [1.29, 1.82) is 0 Å². The number of aryl methyl sites for hydroxylation is 2. The van der Waals surface area contributed by atoms with E-state index in [-0.39, 0.29) is 5.97 Å². The molecule has 0 saturated heterocycles. The van der Waals surface area contributed by atoms with Gasteiger partial charge in [0, 0.05) is 30.5 Å². The van der Waals surface area contributed by atoms with E-state index >= 15 is 0 Å². The Bertz CT molecular complexity index is 915. The van der Waals surface area contributed by atoms with Crippen LogP contribution >= 0.6 is 0 Å². The minimum absolute atomic E-state index is 0.274. The van der Waals surface area contributed by atoms with Gasteiger partial charge in [-0.25, -0.2) is 4.79 Å². The average molecular weight is 379 g/mol. The van der Waals surface area contributed by atoms with Crippen molar-refractivity contribution in [3.8, 4) is 0 Å². The summed E-state index contributed by atoms with van der Waals surface area (Å²) < 4.78 is 7.12. The van der Waals surface area contributed by atoms with Crippen LogP contribution in [-0.2, 0) is 17.8 Å². The maximum absolute atomic E-state index is 12.3. The van der Waals surface area contributed by atoms with Gasteiger partial charge in [-0.2, -0.15) is 0 Å². The third kappa shape index (κ3) is 4.82. The predicted molar refractivity (Wildman–Crippen MR) is 115 cm³/mol. The molecule has 3 aromatic rings. The van der Waals surface area contributed by atoms with Crippen molar-refractivity contribution in [1.82, 2.24) is 9.47 Å². The fraction of sp³-hybridized carbons (Fsp3) is 0.375. The zero-order chi connectivity index (χ0) is 19.9. The Morgan fingerprint density at radius 3 is 2.57 bits per heavy atom. The largest absolute Gasteiger partial charge is 0.464 e. The Morgan fingerprint density at radius 2 is 1.86 bits per heavy atom. The summed E-state index contributed by atoms with van der Waals surface area (Å²) in [5, 5.41) is 1.09. The number of esters is 1. The quantitative estimate of drug-likeness (QED) is 0.489. The molecule has 0 bridgehead atoms. The zero-order valence-corrected chi connectivity index (χ0v) is 17.1. The molecule has 0 N–H and O–H groups in total. The minimum Gasteiger partial charge on any atom is -0.464 e. The number of ether oxygens (including phenoxy) is 1. The molecular weight excluding hydrogens is 348 g/mol. The van der Waals surface area contributed by atoms with Crippen LogP contribution < -0.4 is 0 Å². The highest BCUT2D eigenvalue weighted by Crippen LogP contribution is 2.22. The third-order valence-corrected chi connectivity index (χ3v) is 5.10. The monoisotopic (exact) mass is 378 g/mol. The average Bonchev–Trinajstić information content (AvgIpc) is 3.06. The molecule has 0 spiro atoms. The van der Waals surface area contributed by atoms with Crippen LogP contribution in [0.25, 0.3) is 10.9 Å². The molecule has 4 heteroatoms. The summed E-state index contributed by atoms with van der Waals surface area (Å²) in [6, 6.07) is 18.9. The van der Waals surface area contributed by atoms with Gasteiger partial charge in [-0.3, -0.25) is 4.90 Å². The Labute approximate surface area is 167 Å². The lowest BCUT2D eigenvalue weighted by molar-refractivity contribution is 0.0588. The van der Waals surface area contributed by atoms with E-state index in [2.05, 4.69) is 71.8 Å². The molecule has 0 saturated carbocycles. The normalized spacial score (nSPS) is 11.3. The number of hydrogen-bond donors (Lipinski definition) is 0. The molecule has 0 fully saturated rings. The summed E-state index contributed by atoms with van der Waals surface area (Å²) >= 11 is 0. The van der Waals surface area contributed by atoms with Gasteiger partial charge < -0.3 is 9.30 Å². The van der Waals surface area contributed by atoms with Crippen LogP contribution in [0.3, 0.4) is 0 Å². The van der Waals surface area contributed by atoms with Gasteiger partial charge in [0.1, 0.15) is 5.69 Å². The highest BCUT2D eigenvalue weighted by Gasteiger charge is 2.16. The number of hydrogen-bond acceptors (Lipinski definition) is 3. The zero-order valence-electron chi connectivity index (χ0n) is 17.1. The second-order valence-corrected chi connectivity index (χ2v) is 7.35. The second-order valence-electron chi connectivity index (χ2n) is 7.35. The third-order valence-electron chi connectivity index (χ3n) is 5.10. The summed E-state index contributed by atoms with van der Waals surface area (Å²) in [5.41, 5.74) is 4.26. The molecule has 0 aliphatic heterocycles.